The molecule has 0 saturated heterocycles. The molecule has 1 rings (SSSR count). The number of hydrogen-bond donors (Lipinski definition) is 0. The number of methoxy groups -OCH3 is 1. The molecule has 1 aromatic rings. The Kier molecular flexibility index (Phi) is 5.95. The summed E-state index contributed by atoms with van der Waals surface area (Å²) in [5.41, 5.74) is -0.885. The number of ether oxygens (including phenoxy) is 2. The maximum absolute atomic E-state index is 11.9. The highest BCUT2D eigenvalue weighted by Gasteiger charge is 2.22. The minimum absolute atomic E-state index is 0.0219. The van der Waals surface area contributed by atoms with Crippen molar-refractivity contribution in [3.05, 3.63) is 37.9 Å². The summed E-state index contributed by atoms with van der Waals surface area (Å²) in [6.45, 7) is 3.82. The molecule has 0 amide bonds. The highest BCUT2D eigenvalue weighted by atomic mass is 35.5. The molecule has 0 aliphatic heterocycles. The van der Waals surface area contributed by atoms with Gasteiger partial charge in [-0.15, -0.1) is 0 Å². The van der Waals surface area contributed by atoms with E-state index < -0.39 is 22.2 Å². The van der Waals surface area contributed by atoms with Gasteiger partial charge in [-0.3, -0.25) is 10.1 Å². The van der Waals surface area contributed by atoms with E-state index in [4.69, 9.17) is 32.7 Å². The average molecular weight is 336 g/mol. The molecular formula is C13H15Cl2NO5. The van der Waals surface area contributed by atoms with Crippen molar-refractivity contribution in [2.24, 2.45) is 0 Å². The number of benzene rings is 1. The number of esters is 1. The van der Waals surface area contributed by atoms with Crippen LogP contribution in [0.5, 0.6) is 0 Å². The Morgan fingerprint density at radius 2 is 2.00 bits per heavy atom. The minimum atomic E-state index is -0.709. The number of hydrogen-bond acceptors (Lipinski definition) is 5. The van der Waals surface area contributed by atoms with Crippen LogP contribution in [0.25, 0.3) is 0 Å². The Hall–Kier alpha value is -1.37. The van der Waals surface area contributed by atoms with Crippen LogP contribution in [-0.4, -0.2) is 30.2 Å². The van der Waals surface area contributed by atoms with Gasteiger partial charge < -0.3 is 9.47 Å². The fourth-order valence-corrected chi connectivity index (χ4v) is 1.79. The predicted octanol–water partition coefficient (Wildman–Crippen LogP) is 3.87. The van der Waals surface area contributed by atoms with Crippen LogP contribution in [0, 0.1) is 10.1 Å². The standard InChI is InChI=1S/C13H15Cl2NO5/c1-13(2,20-3)4-5-21-12(17)8-6-9(14)11(15)10(7-8)16(18)19/h6-7H,4-5H2,1-3H3. The minimum Gasteiger partial charge on any atom is -0.462 e. The van der Waals surface area contributed by atoms with Gasteiger partial charge in [0.1, 0.15) is 5.02 Å². The van der Waals surface area contributed by atoms with E-state index >= 15 is 0 Å². The van der Waals surface area contributed by atoms with Crippen molar-refractivity contribution in [3.8, 4) is 0 Å². The first kappa shape index (κ1) is 17.7. The van der Waals surface area contributed by atoms with Crippen LogP contribution in [0.1, 0.15) is 30.6 Å². The number of carbonyl (C=O) groups is 1. The van der Waals surface area contributed by atoms with E-state index in [1.165, 1.54) is 6.07 Å². The molecule has 0 fully saturated rings. The lowest BCUT2D eigenvalue weighted by Crippen LogP contribution is -2.25. The van der Waals surface area contributed by atoms with Crippen LogP contribution in [-0.2, 0) is 9.47 Å². The third-order valence-electron chi connectivity index (χ3n) is 2.93. The second-order valence-electron chi connectivity index (χ2n) is 4.90. The number of rotatable bonds is 6. The van der Waals surface area contributed by atoms with Crippen LogP contribution in [0.3, 0.4) is 0 Å². The van der Waals surface area contributed by atoms with Gasteiger partial charge in [-0.25, -0.2) is 4.79 Å². The van der Waals surface area contributed by atoms with Crippen LogP contribution >= 0.6 is 23.2 Å². The third kappa shape index (κ3) is 4.84. The van der Waals surface area contributed by atoms with E-state index in [2.05, 4.69) is 0 Å². The van der Waals surface area contributed by atoms with Crippen molar-refractivity contribution in [1.29, 1.82) is 0 Å². The number of halogens is 2. The molecule has 0 unspecified atom stereocenters. The molecule has 0 radical (unpaired) electrons. The van der Waals surface area contributed by atoms with Gasteiger partial charge in [-0.2, -0.15) is 0 Å². The van der Waals surface area contributed by atoms with Gasteiger partial charge in [0.05, 0.1) is 27.7 Å². The lowest BCUT2D eigenvalue weighted by atomic mass is 10.1. The summed E-state index contributed by atoms with van der Waals surface area (Å²) >= 11 is 11.5. The third-order valence-corrected chi connectivity index (χ3v) is 3.72. The Morgan fingerprint density at radius 3 is 2.52 bits per heavy atom. The fraction of sp³-hybridized carbons (Fsp3) is 0.462. The molecule has 0 N–H and O–H groups in total. The molecule has 0 aliphatic rings. The quantitative estimate of drug-likeness (QED) is 0.448. The molecule has 0 aliphatic carbocycles. The van der Waals surface area contributed by atoms with E-state index in [-0.39, 0.29) is 22.2 Å². The van der Waals surface area contributed by atoms with Crippen LogP contribution < -0.4 is 0 Å². The lowest BCUT2D eigenvalue weighted by Gasteiger charge is -2.22. The monoisotopic (exact) mass is 335 g/mol. The predicted molar refractivity (Wildman–Crippen MR) is 79.1 cm³/mol. The Bertz CT molecular complexity index is 560. The number of nitro groups is 1. The molecule has 21 heavy (non-hydrogen) atoms. The summed E-state index contributed by atoms with van der Waals surface area (Å²) in [7, 11) is 1.56. The molecular weight excluding hydrogens is 321 g/mol. The number of nitro benzene ring substituents is 1. The topological polar surface area (TPSA) is 78.7 Å². The molecule has 8 heteroatoms. The molecule has 0 aromatic heterocycles. The van der Waals surface area contributed by atoms with E-state index in [1.807, 2.05) is 13.8 Å². The van der Waals surface area contributed by atoms with Gasteiger partial charge in [-0.1, -0.05) is 23.2 Å². The van der Waals surface area contributed by atoms with Crippen LogP contribution in [0.15, 0.2) is 12.1 Å². The Labute approximate surface area is 132 Å². The maximum Gasteiger partial charge on any atom is 0.338 e. The highest BCUT2D eigenvalue weighted by molar-refractivity contribution is 6.43. The van der Waals surface area contributed by atoms with Crippen LogP contribution in [0.2, 0.25) is 10.0 Å². The molecule has 0 bridgehead atoms. The molecule has 6 nitrogen and oxygen atoms in total. The largest absolute Gasteiger partial charge is 0.462 e. The smallest absolute Gasteiger partial charge is 0.338 e. The molecule has 0 saturated carbocycles. The first-order valence-corrected chi connectivity index (χ1v) is 6.79. The van der Waals surface area contributed by atoms with Crippen LogP contribution in [0.4, 0.5) is 5.69 Å². The first-order chi connectivity index (χ1) is 9.68. The first-order valence-electron chi connectivity index (χ1n) is 6.03. The van der Waals surface area contributed by atoms with Gasteiger partial charge in [0.15, 0.2) is 0 Å². The summed E-state index contributed by atoms with van der Waals surface area (Å²) in [6, 6.07) is 2.28. The normalized spacial score (nSPS) is 11.3. The highest BCUT2D eigenvalue weighted by Crippen LogP contribution is 2.33. The summed E-state index contributed by atoms with van der Waals surface area (Å²) < 4.78 is 10.2. The molecule has 0 atom stereocenters. The van der Waals surface area contributed by atoms with Gasteiger partial charge in [0, 0.05) is 19.6 Å². The second-order valence-corrected chi connectivity index (χ2v) is 5.68. The summed E-state index contributed by atoms with van der Waals surface area (Å²) in [6.07, 6.45) is 0.485. The van der Waals surface area contributed by atoms with E-state index in [1.54, 1.807) is 7.11 Å². The number of carbonyl (C=O) groups excluding carboxylic acids is 1. The zero-order chi connectivity index (χ0) is 16.2. The van der Waals surface area contributed by atoms with Crippen molar-refractivity contribution in [2.45, 2.75) is 25.9 Å². The van der Waals surface area contributed by atoms with Gasteiger partial charge in [-0.05, 0) is 19.9 Å². The SMILES string of the molecule is COC(C)(C)CCOC(=O)c1cc(Cl)c(Cl)c([N+](=O)[O-])c1. The Balaban J connectivity index is 2.82. The van der Waals surface area contributed by atoms with E-state index in [0.717, 1.165) is 6.07 Å². The van der Waals surface area contributed by atoms with E-state index in [0.29, 0.717) is 6.42 Å². The molecule has 116 valence electrons. The van der Waals surface area contributed by atoms with Crippen molar-refractivity contribution >= 4 is 34.9 Å². The van der Waals surface area contributed by atoms with E-state index in [9.17, 15) is 14.9 Å². The lowest BCUT2D eigenvalue weighted by molar-refractivity contribution is -0.384. The van der Waals surface area contributed by atoms with Crippen molar-refractivity contribution < 1.29 is 19.2 Å². The summed E-state index contributed by atoms with van der Waals surface area (Å²) in [5.74, 6) is -0.705. The Morgan fingerprint density at radius 1 is 1.38 bits per heavy atom. The molecule has 0 heterocycles. The maximum atomic E-state index is 11.9. The van der Waals surface area contributed by atoms with Crippen molar-refractivity contribution in [2.75, 3.05) is 13.7 Å². The van der Waals surface area contributed by atoms with Gasteiger partial charge in [0.2, 0.25) is 0 Å². The average Bonchev–Trinajstić information content (AvgIpc) is 2.40. The second kappa shape index (κ2) is 7.06. The van der Waals surface area contributed by atoms with Gasteiger partial charge >= 0.3 is 5.97 Å². The fourth-order valence-electron chi connectivity index (χ4n) is 1.40. The van der Waals surface area contributed by atoms with Gasteiger partial charge in [0.25, 0.3) is 5.69 Å². The zero-order valence-corrected chi connectivity index (χ0v) is 13.3. The summed E-state index contributed by atoms with van der Waals surface area (Å²) in [5, 5.41) is 10.5. The van der Waals surface area contributed by atoms with Crippen molar-refractivity contribution in [1.82, 2.24) is 0 Å². The summed E-state index contributed by atoms with van der Waals surface area (Å²) in [4.78, 5) is 22.0. The van der Waals surface area contributed by atoms with Crippen molar-refractivity contribution in [3.63, 3.8) is 0 Å². The number of nitrogens with zero attached hydrogens (tertiary/aromatic N) is 1. The molecule has 0 spiro atoms. The zero-order valence-electron chi connectivity index (χ0n) is 11.8. The molecule has 1 aromatic carbocycles.